The number of nitrogens with one attached hydrogen (secondary N) is 1. The summed E-state index contributed by atoms with van der Waals surface area (Å²) in [6, 6.07) is 4.07. The van der Waals surface area contributed by atoms with Gasteiger partial charge in [-0.1, -0.05) is 6.92 Å². The maximum absolute atomic E-state index is 13.3. The third kappa shape index (κ3) is 3.69. The molecule has 0 bridgehead atoms. The molecule has 1 aliphatic heterocycles. The van der Waals surface area contributed by atoms with Crippen molar-refractivity contribution in [1.82, 2.24) is 5.32 Å². The minimum absolute atomic E-state index is 0.165. The van der Waals surface area contributed by atoms with E-state index in [2.05, 4.69) is 19.2 Å². The van der Waals surface area contributed by atoms with Gasteiger partial charge in [0.1, 0.15) is 11.6 Å². The van der Waals surface area contributed by atoms with Crippen molar-refractivity contribution in [2.45, 2.75) is 43.9 Å². The summed E-state index contributed by atoms with van der Waals surface area (Å²) in [5.74, 6) is 0.194. The SMILES string of the molecule is CCNC(Cc1cc(F)cc(F)c1)C1(C)CCCS1. The molecule has 1 aromatic carbocycles. The summed E-state index contributed by atoms with van der Waals surface area (Å²) in [4.78, 5) is 0. The molecule has 1 saturated heterocycles. The number of benzene rings is 1. The topological polar surface area (TPSA) is 12.0 Å². The molecule has 0 spiro atoms. The maximum atomic E-state index is 13.3. The summed E-state index contributed by atoms with van der Waals surface area (Å²) in [5, 5.41) is 3.49. The van der Waals surface area contributed by atoms with Gasteiger partial charge >= 0.3 is 0 Å². The molecular formula is C15H21F2NS. The molecule has 1 nitrogen and oxygen atoms in total. The molecule has 0 radical (unpaired) electrons. The van der Waals surface area contributed by atoms with Crippen molar-refractivity contribution in [2.24, 2.45) is 0 Å². The molecule has 0 aromatic heterocycles. The Morgan fingerprint density at radius 2 is 2.00 bits per heavy atom. The second kappa shape index (κ2) is 6.23. The molecule has 2 rings (SSSR count). The van der Waals surface area contributed by atoms with Gasteiger partial charge in [-0.05, 0) is 56.2 Å². The molecule has 0 saturated carbocycles. The van der Waals surface area contributed by atoms with Crippen LogP contribution < -0.4 is 5.32 Å². The molecule has 1 aliphatic rings. The number of hydrogen-bond acceptors (Lipinski definition) is 2. The van der Waals surface area contributed by atoms with Gasteiger partial charge in [-0.2, -0.15) is 11.8 Å². The van der Waals surface area contributed by atoms with Crippen LogP contribution in [0.4, 0.5) is 8.78 Å². The van der Waals surface area contributed by atoms with Crippen LogP contribution in [0.2, 0.25) is 0 Å². The molecule has 19 heavy (non-hydrogen) atoms. The van der Waals surface area contributed by atoms with Crippen molar-refractivity contribution >= 4 is 11.8 Å². The molecule has 4 heteroatoms. The van der Waals surface area contributed by atoms with E-state index in [0.29, 0.717) is 6.42 Å². The first-order valence-electron chi connectivity index (χ1n) is 6.86. The maximum Gasteiger partial charge on any atom is 0.126 e. The van der Waals surface area contributed by atoms with Gasteiger partial charge in [0.15, 0.2) is 0 Å². The third-order valence-corrected chi connectivity index (χ3v) is 5.44. The lowest BCUT2D eigenvalue weighted by molar-refractivity contribution is 0.405. The zero-order valence-electron chi connectivity index (χ0n) is 11.5. The van der Waals surface area contributed by atoms with Gasteiger partial charge in [0.05, 0.1) is 0 Å². The molecule has 1 aromatic rings. The van der Waals surface area contributed by atoms with E-state index in [4.69, 9.17) is 0 Å². The Labute approximate surface area is 118 Å². The van der Waals surface area contributed by atoms with Crippen molar-refractivity contribution in [1.29, 1.82) is 0 Å². The van der Waals surface area contributed by atoms with Crippen LogP contribution in [0.1, 0.15) is 32.3 Å². The number of thioether (sulfide) groups is 1. The van der Waals surface area contributed by atoms with Crippen molar-refractivity contribution in [2.75, 3.05) is 12.3 Å². The van der Waals surface area contributed by atoms with Gasteiger partial charge in [-0.3, -0.25) is 0 Å². The van der Waals surface area contributed by atoms with Gasteiger partial charge < -0.3 is 5.32 Å². The Kier molecular flexibility index (Phi) is 4.85. The Morgan fingerprint density at radius 1 is 1.32 bits per heavy atom. The minimum atomic E-state index is -0.491. The van der Waals surface area contributed by atoms with Crippen molar-refractivity contribution < 1.29 is 8.78 Å². The van der Waals surface area contributed by atoms with E-state index < -0.39 is 11.6 Å². The lowest BCUT2D eigenvalue weighted by Crippen LogP contribution is -2.46. The largest absolute Gasteiger partial charge is 0.313 e. The van der Waals surface area contributed by atoms with Crippen molar-refractivity contribution in [3.05, 3.63) is 35.4 Å². The van der Waals surface area contributed by atoms with Gasteiger partial charge in [0, 0.05) is 16.9 Å². The van der Waals surface area contributed by atoms with E-state index in [-0.39, 0.29) is 10.8 Å². The predicted molar refractivity (Wildman–Crippen MR) is 77.6 cm³/mol. The van der Waals surface area contributed by atoms with Crippen LogP contribution in [-0.4, -0.2) is 23.1 Å². The highest BCUT2D eigenvalue weighted by atomic mass is 32.2. The number of halogens is 2. The molecule has 2 unspecified atom stereocenters. The van der Waals surface area contributed by atoms with Crippen molar-refractivity contribution in [3.63, 3.8) is 0 Å². The van der Waals surface area contributed by atoms with Gasteiger partial charge in [0.2, 0.25) is 0 Å². The van der Waals surface area contributed by atoms with Crippen LogP contribution in [-0.2, 0) is 6.42 Å². The first-order chi connectivity index (χ1) is 9.03. The summed E-state index contributed by atoms with van der Waals surface area (Å²) in [6.07, 6.45) is 3.06. The fraction of sp³-hybridized carbons (Fsp3) is 0.600. The van der Waals surface area contributed by atoms with Gasteiger partial charge in [0.25, 0.3) is 0 Å². The normalized spacial score (nSPS) is 24.6. The molecule has 106 valence electrons. The summed E-state index contributed by atoms with van der Waals surface area (Å²) < 4.78 is 26.7. The average Bonchev–Trinajstić information content (AvgIpc) is 2.75. The fourth-order valence-corrected chi connectivity index (χ4v) is 4.20. The zero-order chi connectivity index (χ0) is 13.9. The van der Waals surface area contributed by atoms with Gasteiger partial charge in [-0.15, -0.1) is 0 Å². The Morgan fingerprint density at radius 3 is 2.53 bits per heavy atom. The van der Waals surface area contributed by atoms with Crippen LogP contribution in [0.3, 0.4) is 0 Å². The Bertz CT molecular complexity index is 410. The first kappa shape index (κ1) is 14.8. The van der Waals surface area contributed by atoms with Crippen LogP contribution in [0.5, 0.6) is 0 Å². The highest BCUT2D eigenvalue weighted by Crippen LogP contribution is 2.41. The van der Waals surface area contributed by atoms with E-state index >= 15 is 0 Å². The van der Waals surface area contributed by atoms with Crippen molar-refractivity contribution in [3.8, 4) is 0 Å². The standard InChI is InChI=1S/C15H21F2NS/c1-3-18-14(15(2)5-4-6-19-15)9-11-7-12(16)10-13(17)8-11/h7-8,10,14,18H,3-6,9H2,1-2H3. The van der Waals surface area contributed by atoms with Crippen LogP contribution >= 0.6 is 11.8 Å². The quantitative estimate of drug-likeness (QED) is 0.884. The third-order valence-electron chi connectivity index (χ3n) is 3.80. The highest BCUT2D eigenvalue weighted by molar-refractivity contribution is 8.00. The Hall–Kier alpha value is -0.610. The Balaban J connectivity index is 2.15. The second-order valence-corrected chi connectivity index (χ2v) is 6.99. The molecule has 0 amide bonds. The molecular weight excluding hydrogens is 264 g/mol. The summed E-state index contributed by atoms with van der Waals surface area (Å²) >= 11 is 1.97. The van der Waals surface area contributed by atoms with E-state index in [1.165, 1.54) is 24.3 Å². The molecule has 1 fully saturated rings. The summed E-state index contributed by atoms with van der Waals surface area (Å²) in [5.41, 5.74) is 0.733. The molecule has 1 N–H and O–H groups in total. The first-order valence-corrected chi connectivity index (χ1v) is 7.84. The minimum Gasteiger partial charge on any atom is -0.313 e. The molecule has 0 aliphatic carbocycles. The highest BCUT2D eigenvalue weighted by Gasteiger charge is 2.37. The fourth-order valence-electron chi connectivity index (χ4n) is 2.79. The number of rotatable bonds is 5. The van der Waals surface area contributed by atoms with Crippen LogP contribution in [0.15, 0.2) is 18.2 Å². The van der Waals surface area contributed by atoms with Crippen LogP contribution in [0, 0.1) is 11.6 Å². The van der Waals surface area contributed by atoms with E-state index in [9.17, 15) is 8.78 Å². The monoisotopic (exact) mass is 285 g/mol. The zero-order valence-corrected chi connectivity index (χ0v) is 12.3. The van der Waals surface area contributed by atoms with Crippen LogP contribution in [0.25, 0.3) is 0 Å². The lowest BCUT2D eigenvalue weighted by Gasteiger charge is -2.34. The smallest absolute Gasteiger partial charge is 0.126 e. The molecule has 2 atom stereocenters. The summed E-state index contributed by atoms with van der Waals surface area (Å²) in [7, 11) is 0. The van der Waals surface area contributed by atoms with E-state index in [1.807, 2.05) is 11.8 Å². The summed E-state index contributed by atoms with van der Waals surface area (Å²) in [6.45, 7) is 5.20. The number of likely N-dealkylation sites (N-methyl/N-ethyl adjacent to an activating group) is 1. The number of hydrogen-bond donors (Lipinski definition) is 1. The lowest BCUT2D eigenvalue weighted by atomic mass is 9.90. The van der Waals surface area contributed by atoms with Gasteiger partial charge in [-0.25, -0.2) is 8.78 Å². The van der Waals surface area contributed by atoms with E-state index in [1.54, 1.807) is 0 Å². The molecule has 1 heterocycles. The average molecular weight is 285 g/mol. The second-order valence-electron chi connectivity index (χ2n) is 5.36. The van der Waals surface area contributed by atoms with E-state index in [0.717, 1.165) is 24.6 Å². The predicted octanol–water partition coefficient (Wildman–Crippen LogP) is 3.77.